The molecule has 1 heterocycles. The summed E-state index contributed by atoms with van der Waals surface area (Å²) >= 11 is 0. The molecule has 0 fully saturated rings. The highest BCUT2D eigenvalue weighted by molar-refractivity contribution is 5.79. The van der Waals surface area contributed by atoms with Gasteiger partial charge in [-0.2, -0.15) is 0 Å². The van der Waals surface area contributed by atoms with E-state index in [4.69, 9.17) is 5.73 Å². The molecule has 4 heteroatoms. The van der Waals surface area contributed by atoms with Crippen molar-refractivity contribution >= 4 is 5.91 Å². The summed E-state index contributed by atoms with van der Waals surface area (Å²) in [4.78, 5) is 13.9. The molecule has 20 heavy (non-hydrogen) atoms. The molecule has 1 amide bonds. The number of rotatable bonds is 6. The SMILES string of the molecule is CC(C)NC(CCN1CCc2ccccc2C1)C(N)=O. The van der Waals surface area contributed by atoms with Crippen molar-refractivity contribution in [1.29, 1.82) is 0 Å². The minimum absolute atomic E-state index is 0.229. The first-order chi connectivity index (χ1) is 9.56. The minimum atomic E-state index is -0.254. The summed E-state index contributed by atoms with van der Waals surface area (Å²) in [7, 11) is 0. The van der Waals surface area contributed by atoms with Crippen LogP contribution in [0.2, 0.25) is 0 Å². The van der Waals surface area contributed by atoms with Gasteiger partial charge >= 0.3 is 0 Å². The van der Waals surface area contributed by atoms with Gasteiger partial charge in [-0.1, -0.05) is 38.1 Å². The molecular weight excluding hydrogens is 250 g/mol. The van der Waals surface area contributed by atoms with Gasteiger partial charge in [-0.15, -0.1) is 0 Å². The van der Waals surface area contributed by atoms with Crippen molar-refractivity contribution in [2.45, 2.75) is 45.3 Å². The molecule has 1 aliphatic heterocycles. The zero-order valence-electron chi connectivity index (χ0n) is 12.4. The molecule has 110 valence electrons. The summed E-state index contributed by atoms with van der Waals surface area (Å²) in [6.07, 6.45) is 1.87. The fourth-order valence-electron chi connectivity index (χ4n) is 2.77. The van der Waals surface area contributed by atoms with E-state index in [0.29, 0.717) is 0 Å². The first-order valence-electron chi connectivity index (χ1n) is 7.40. The number of amides is 1. The number of primary amides is 1. The normalized spacial score (nSPS) is 16.9. The van der Waals surface area contributed by atoms with Gasteiger partial charge in [-0.3, -0.25) is 9.69 Å². The number of benzene rings is 1. The second-order valence-electron chi connectivity index (χ2n) is 5.86. The molecule has 0 spiro atoms. The summed E-state index contributed by atoms with van der Waals surface area (Å²) in [6.45, 7) is 7.01. The first kappa shape index (κ1) is 15.0. The molecule has 0 aliphatic carbocycles. The van der Waals surface area contributed by atoms with Crippen molar-refractivity contribution in [1.82, 2.24) is 10.2 Å². The molecule has 1 unspecified atom stereocenters. The largest absolute Gasteiger partial charge is 0.368 e. The molecule has 0 radical (unpaired) electrons. The van der Waals surface area contributed by atoms with E-state index in [1.54, 1.807) is 0 Å². The average Bonchev–Trinajstić information content (AvgIpc) is 2.42. The molecule has 4 nitrogen and oxygen atoms in total. The number of carbonyl (C=O) groups excluding carboxylic acids is 1. The number of fused-ring (bicyclic) bond motifs is 1. The van der Waals surface area contributed by atoms with Gasteiger partial charge in [0.05, 0.1) is 6.04 Å². The van der Waals surface area contributed by atoms with E-state index < -0.39 is 0 Å². The maximum atomic E-state index is 11.4. The number of nitrogens with zero attached hydrogens (tertiary/aromatic N) is 1. The van der Waals surface area contributed by atoms with Gasteiger partial charge in [0.2, 0.25) is 5.91 Å². The summed E-state index contributed by atoms with van der Waals surface area (Å²) < 4.78 is 0. The lowest BCUT2D eigenvalue weighted by Gasteiger charge is -2.30. The van der Waals surface area contributed by atoms with E-state index in [-0.39, 0.29) is 18.0 Å². The van der Waals surface area contributed by atoms with Gasteiger partial charge in [-0.05, 0) is 24.0 Å². The molecule has 0 aromatic heterocycles. The Bertz CT molecular complexity index is 459. The maximum absolute atomic E-state index is 11.4. The Hall–Kier alpha value is -1.39. The van der Waals surface area contributed by atoms with E-state index in [1.807, 2.05) is 13.8 Å². The summed E-state index contributed by atoms with van der Waals surface area (Å²) in [6, 6.07) is 8.64. The highest BCUT2D eigenvalue weighted by Crippen LogP contribution is 2.18. The highest BCUT2D eigenvalue weighted by atomic mass is 16.1. The molecule has 1 aliphatic rings. The zero-order chi connectivity index (χ0) is 14.5. The summed E-state index contributed by atoms with van der Waals surface area (Å²) in [5.41, 5.74) is 8.32. The number of nitrogens with two attached hydrogens (primary N) is 1. The lowest BCUT2D eigenvalue weighted by atomic mass is 9.99. The topological polar surface area (TPSA) is 58.4 Å². The van der Waals surface area contributed by atoms with Crippen molar-refractivity contribution in [2.75, 3.05) is 13.1 Å². The van der Waals surface area contributed by atoms with Gasteiger partial charge in [0, 0.05) is 25.7 Å². The van der Waals surface area contributed by atoms with Crippen LogP contribution < -0.4 is 11.1 Å². The smallest absolute Gasteiger partial charge is 0.234 e. The van der Waals surface area contributed by atoms with Gasteiger partial charge in [0.15, 0.2) is 0 Å². The van der Waals surface area contributed by atoms with Crippen LogP contribution in [0.4, 0.5) is 0 Å². The first-order valence-corrected chi connectivity index (χ1v) is 7.40. The second kappa shape index (κ2) is 6.86. The fraction of sp³-hybridized carbons (Fsp3) is 0.562. The third kappa shape index (κ3) is 4.05. The van der Waals surface area contributed by atoms with Crippen molar-refractivity contribution in [3.8, 4) is 0 Å². The average molecular weight is 275 g/mol. The number of hydrogen-bond donors (Lipinski definition) is 2. The monoisotopic (exact) mass is 275 g/mol. The Morgan fingerprint density at radius 1 is 1.35 bits per heavy atom. The van der Waals surface area contributed by atoms with E-state index in [2.05, 4.69) is 34.5 Å². The zero-order valence-corrected chi connectivity index (χ0v) is 12.4. The summed E-state index contributed by atoms with van der Waals surface area (Å²) in [5, 5.41) is 3.24. The Kier molecular flexibility index (Phi) is 5.15. The van der Waals surface area contributed by atoms with Crippen LogP contribution in [0.1, 0.15) is 31.4 Å². The van der Waals surface area contributed by atoms with Crippen LogP contribution >= 0.6 is 0 Å². The molecular formula is C16H25N3O. The standard InChI is InChI=1S/C16H25N3O/c1-12(2)18-15(16(17)20)8-10-19-9-7-13-5-3-4-6-14(13)11-19/h3-6,12,15,18H,7-11H2,1-2H3,(H2,17,20). The molecule has 1 aromatic rings. The van der Waals surface area contributed by atoms with E-state index in [1.165, 1.54) is 11.1 Å². The third-order valence-corrected chi connectivity index (χ3v) is 3.82. The van der Waals surface area contributed by atoms with Gasteiger partial charge in [-0.25, -0.2) is 0 Å². The van der Waals surface area contributed by atoms with Gasteiger partial charge in [0.25, 0.3) is 0 Å². The van der Waals surface area contributed by atoms with Crippen molar-refractivity contribution < 1.29 is 4.79 Å². The number of hydrogen-bond acceptors (Lipinski definition) is 3. The fourth-order valence-corrected chi connectivity index (χ4v) is 2.77. The van der Waals surface area contributed by atoms with Crippen molar-refractivity contribution in [3.05, 3.63) is 35.4 Å². The lowest BCUT2D eigenvalue weighted by molar-refractivity contribution is -0.120. The molecule has 0 saturated heterocycles. The van der Waals surface area contributed by atoms with Crippen molar-refractivity contribution in [2.24, 2.45) is 5.73 Å². The number of nitrogens with one attached hydrogen (secondary N) is 1. The number of carbonyl (C=O) groups is 1. The Morgan fingerprint density at radius 3 is 2.70 bits per heavy atom. The predicted octanol–water partition coefficient (Wildman–Crippen LogP) is 1.29. The maximum Gasteiger partial charge on any atom is 0.234 e. The molecule has 1 atom stereocenters. The molecule has 2 rings (SSSR count). The van der Waals surface area contributed by atoms with Crippen LogP contribution in [0.25, 0.3) is 0 Å². The van der Waals surface area contributed by atoms with Gasteiger partial charge < -0.3 is 11.1 Å². The second-order valence-corrected chi connectivity index (χ2v) is 5.86. The molecule has 0 bridgehead atoms. The van der Waals surface area contributed by atoms with Crippen LogP contribution in [0.15, 0.2) is 24.3 Å². The van der Waals surface area contributed by atoms with Crippen LogP contribution in [-0.4, -0.2) is 36.0 Å². The third-order valence-electron chi connectivity index (χ3n) is 3.82. The van der Waals surface area contributed by atoms with E-state index in [9.17, 15) is 4.79 Å². The van der Waals surface area contributed by atoms with Crippen LogP contribution in [0, 0.1) is 0 Å². The minimum Gasteiger partial charge on any atom is -0.368 e. The Labute approximate surface area is 121 Å². The predicted molar refractivity (Wildman–Crippen MR) is 81.3 cm³/mol. The van der Waals surface area contributed by atoms with Gasteiger partial charge in [0.1, 0.15) is 0 Å². The highest BCUT2D eigenvalue weighted by Gasteiger charge is 2.20. The van der Waals surface area contributed by atoms with E-state index >= 15 is 0 Å². The Balaban J connectivity index is 1.87. The Morgan fingerprint density at radius 2 is 2.05 bits per heavy atom. The molecule has 1 aromatic carbocycles. The van der Waals surface area contributed by atoms with E-state index in [0.717, 1.165) is 32.5 Å². The van der Waals surface area contributed by atoms with Crippen LogP contribution in [-0.2, 0) is 17.8 Å². The van der Waals surface area contributed by atoms with Crippen molar-refractivity contribution in [3.63, 3.8) is 0 Å². The summed E-state index contributed by atoms with van der Waals surface area (Å²) in [5.74, 6) is -0.254. The van der Waals surface area contributed by atoms with Crippen LogP contribution in [0.3, 0.4) is 0 Å². The lowest BCUT2D eigenvalue weighted by Crippen LogP contribution is -2.46. The van der Waals surface area contributed by atoms with Crippen LogP contribution in [0.5, 0.6) is 0 Å². The quantitative estimate of drug-likeness (QED) is 0.822. The molecule has 3 N–H and O–H groups in total. The molecule has 0 saturated carbocycles.